The molecule has 0 saturated carbocycles. The van der Waals surface area contributed by atoms with E-state index in [-0.39, 0.29) is 5.91 Å². The standard InChI is InChI=1S/C22H19N3O2S2/c1-3-21(26)25-19-9-5-4-8-17(19)24-22(25)29-14-18-15(2)20(10-11-23-18)28-13-16-7-6-12-27-16/h3-12H,1,13-14H2,2H3. The Kier molecular flexibility index (Phi) is 5.87. The molecule has 3 aromatic heterocycles. The maximum atomic E-state index is 12.4. The number of hydrogen-bond donors (Lipinski definition) is 0. The van der Waals surface area contributed by atoms with Crippen LogP contribution in [-0.2, 0) is 11.5 Å². The highest BCUT2D eigenvalue weighted by molar-refractivity contribution is 7.98. The summed E-state index contributed by atoms with van der Waals surface area (Å²) in [6.45, 7) is 5.69. The third kappa shape index (κ3) is 4.16. The lowest BCUT2D eigenvalue weighted by molar-refractivity contribution is 0.0964. The summed E-state index contributed by atoms with van der Waals surface area (Å²) < 4.78 is 7.02. The number of rotatable bonds is 7. The van der Waals surface area contributed by atoms with Crippen LogP contribution >= 0.6 is 23.5 Å². The van der Waals surface area contributed by atoms with E-state index in [0.29, 0.717) is 10.9 Å². The number of para-hydroxylation sites is 2. The molecular weight excluding hydrogens is 402 g/mol. The Labute approximate surface area is 177 Å². The number of benzene rings is 1. The molecule has 29 heavy (non-hydrogen) atoms. The Bertz CT molecular complexity index is 1170. The molecule has 0 fully saturated rings. The smallest absolute Gasteiger partial charge is 0.256 e. The van der Waals surface area contributed by atoms with Gasteiger partial charge in [0.25, 0.3) is 5.91 Å². The van der Waals surface area contributed by atoms with Crippen LogP contribution in [0.25, 0.3) is 11.0 Å². The average Bonchev–Trinajstić information content (AvgIpc) is 3.39. The number of hydrogen-bond acceptors (Lipinski definition) is 6. The fourth-order valence-electron chi connectivity index (χ4n) is 2.94. The highest BCUT2D eigenvalue weighted by Crippen LogP contribution is 2.31. The van der Waals surface area contributed by atoms with E-state index < -0.39 is 0 Å². The normalized spacial score (nSPS) is 11.1. The van der Waals surface area contributed by atoms with E-state index >= 15 is 0 Å². The van der Waals surface area contributed by atoms with Gasteiger partial charge in [-0.05, 0) is 48.9 Å². The predicted molar refractivity (Wildman–Crippen MR) is 117 cm³/mol. The van der Waals surface area contributed by atoms with Gasteiger partial charge in [-0.1, -0.05) is 30.5 Å². The lowest BCUT2D eigenvalue weighted by Crippen LogP contribution is -2.08. The number of aromatic nitrogens is 3. The van der Waals surface area contributed by atoms with Crippen molar-refractivity contribution in [3.05, 3.63) is 84.6 Å². The van der Waals surface area contributed by atoms with E-state index in [9.17, 15) is 4.79 Å². The van der Waals surface area contributed by atoms with Gasteiger partial charge in [-0.15, -0.1) is 11.8 Å². The summed E-state index contributed by atoms with van der Waals surface area (Å²) in [5.74, 6) is 2.15. The summed E-state index contributed by atoms with van der Waals surface area (Å²) in [4.78, 5) is 22.8. The van der Waals surface area contributed by atoms with E-state index in [1.54, 1.807) is 22.6 Å². The molecular formula is C22H19N3O2S2. The number of nitrogens with zero attached hydrogens (tertiary/aromatic N) is 3. The van der Waals surface area contributed by atoms with Crippen molar-refractivity contribution in [2.75, 3.05) is 0 Å². The van der Waals surface area contributed by atoms with Crippen molar-refractivity contribution >= 4 is 40.5 Å². The van der Waals surface area contributed by atoms with Gasteiger partial charge in [-0.25, -0.2) is 4.98 Å². The van der Waals surface area contributed by atoms with Crippen LogP contribution in [0.4, 0.5) is 0 Å². The highest BCUT2D eigenvalue weighted by atomic mass is 32.2. The maximum Gasteiger partial charge on any atom is 0.256 e. The van der Waals surface area contributed by atoms with Crippen LogP contribution in [0.2, 0.25) is 0 Å². The third-order valence-electron chi connectivity index (χ3n) is 4.47. The van der Waals surface area contributed by atoms with Crippen molar-refractivity contribution in [3.63, 3.8) is 0 Å². The number of carbonyl (C=O) groups excluding carboxylic acids is 1. The molecule has 0 N–H and O–H groups in total. The van der Waals surface area contributed by atoms with Crippen LogP contribution in [0, 0.1) is 6.92 Å². The van der Waals surface area contributed by atoms with Gasteiger partial charge in [-0.3, -0.25) is 14.3 Å². The second-order valence-electron chi connectivity index (χ2n) is 6.30. The maximum absolute atomic E-state index is 12.4. The van der Waals surface area contributed by atoms with Gasteiger partial charge in [0.05, 0.1) is 28.7 Å². The molecule has 0 radical (unpaired) electrons. The molecule has 3 heterocycles. The van der Waals surface area contributed by atoms with Gasteiger partial charge in [-0.2, -0.15) is 0 Å². The molecule has 0 bridgehead atoms. The highest BCUT2D eigenvalue weighted by Gasteiger charge is 2.16. The van der Waals surface area contributed by atoms with Crippen LogP contribution in [0.3, 0.4) is 0 Å². The first-order chi connectivity index (χ1) is 14.2. The Hall–Kier alpha value is -2.77. The minimum absolute atomic E-state index is 0.186. The number of allylic oxidation sites excluding steroid dienone is 1. The van der Waals surface area contributed by atoms with Gasteiger partial charge >= 0.3 is 0 Å². The summed E-state index contributed by atoms with van der Waals surface area (Å²) in [5, 5.41) is 0.644. The van der Waals surface area contributed by atoms with Crippen molar-refractivity contribution in [1.82, 2.24) is 14.5 Å². The van der Waals surface area contributed by atoms with Gasteiger partial charge in [0, 0.05) is 16.8 Å². The molecule has 0 aliphatic rings. The first-order valence-corrected chi connectivity index (χ1v) is 11.0. The molecule has 0 aliphatic carbocycles. The summed E-state index contributed by atoms with van der Waals surface area (Å²) >= 11 is 3.23. The molecule has 0 atom stereocenters. The molecule has 1 aromatic carbocycles. The van der Waals surface area contributed by atoms with Gasteiger partial charge < -0.3 is 4.42 Å². The lowest BCUT2D eigenvalue weighted by atomic mass is 10.2. The predicted octanol–water partition coefficient (Wildman–Crippen LogP) is 5.74. The molecule has 146 valence electrons. The number of fused-ring (bicyclic) bond motifs is 1. The number of carbonyl (C=O) groups is 1. The van der Waals surface area contributed by atoms with E-state index in [4.69, 9.17) is 4.42 Å². The van der Waals surface area contributed by atoms with Crippen molar-refractivity contribution in [2.45, 2.75) is 28.5 Å². The minimum atomic E-state index is -0.186. The Morgan fingerprint density at radius 1 is 1.17 bits per heavy atom. The molecule has 5 nitrogen and oxygen atoms in total. The Balaban J connectivity index is 1.55. The van der Waals surface area contributed by atoms with E-state index in [2.05, 4.69) is 23.5 Å². The quantitative estimate of drug-likeness (QED) is 0.280. The second-order valence-corrected chi connectivity index (χ2v) is 8.26. The minimum Gasteiger partial charge on any atom is -0.468 e. The van der Waals surface area contributed by atoms with E-state index in [1.165, 1.54) is 22.7 Å². The monoisotopic (exact) mass is 421 g/mol. The van der Waals surface area contributed by atoms with Crippen molar-refractivity contribution in [2.24, 2.45) is 0 Å². The largest absolute Gasteiger partial charge is 0.468 e. The van der Waals surface area contributed by atoms with Crippen molar-refractivity contribution in [3.8, 4) is 0 Å². The molecule has 0 saturated heterocycles. The lowest BCUT2D eigenvalue weighted by Gasteiger charge is -2.10. The van der Waals surface area contributed by atoms with Crippen molar-refractivity contribution < 1.29 is 9.21 Å². The van der Waals surface area contributed by atoms with Crippen molar-refractivity contribution in [1.29, 1.82) is 0 Å². The Morgan fingerprint density at radius 3 is 2.83 bits per heavy atom. The molecule has 0 spiro atoms. The van der Waals surface area contributed by atoms with Crippen LogP contribution in [0.5, 0.6) is 0 Å². The molecule has 4 rings (SSSR count). The zero-order valence-electron chi connectivity index (χ0n) is 15.9. The molecule has 0 amide bonds. The molecule has 7 heteroatoms. The number of furan rings is 1. The van der Waals surface area contributed by atoms with Gasteiger partial charge in [0.1, 0.15) is 5.76 Å². The summed E-state index contributed by atoms with van der Waals surface area (Å²) in [6, 6.07) is 13.5. The van der Waals surface area contributed by atoms with Crippen LogP contribution in [0.1, 0.15) is 21.8 Å². The fraction of sp³-hybridized carbons (Fsp3) is 0.136. The first kappa shape index (κ1) is 19.5. The topological polar surface area (TPSA) is 60.9 Å². The summed E-state index contributed by atoms with van der Waals surface area (Å²) in [6.07, 6.45) is 4.83. The van der Waals surface area contributed by atoms with Crippen LogP contribution in [0.15, 0.2) is 82.0 Å². The second kappa shape index (κ2) is 8.71. The summed E-state index contributed by atoms with van der Waals surface area (Å²) in [7, 11) is 0. The zero-order valence-corrected chi connectivity index (χ0v) is 17.5. The van der Waals surface area contributed by atoms with E-state index in [1.807, 2.05) is 48.7 Å². The van der Waals surface area contributed by atoms with Crippen LogP contribution < -0.4 is 0 Å². The molecule has 0 unspecified atom stereocenters. The molecule has 0 aliphatic heterocycles. The molecule has 4 aromatic rings. The average molecular weight is 422 g/mol. The fourth-order valence-corrected chi connectivity index (χ4v) is 4.93. The Morgan fingerprint density at radius 2 is 2.03 bits per heavy atom. The van der Waals surface area contributed by atoms with E-state index in [0.717, 1.165) is 33.8 Å². The van der Waals surface area contributed by atoms with Crippen LogP contribution in [-0.4, -0.2) is 20.4 Å². The summed E-state index contributed by atoms with van der Waals surface area (Å²) in [5.41, 5.74) is 3.68. The number of thioether (sulfide) groups is 2. The van der Waals surface area contributed by atoms with Gasteiger partial charge in [0.2, 0.25) is 0 Å². The zero-order chi connectivity index (χ0) is 20.2. The third-order valence-corrected chi connectivity index (χ3v) is 6.60. The SMILES string of the molecule is C=CC(=O)n1c(SCc2nccc(SCc3ccco3)c2C)nc2ccccc21. The van der Waals surface area contributed by atoms with Gasteiger partial charge in [0.15, 0.2) is 5.16 Å². The number of imidazole rings is 1. The number of pyridine rings is 1. The first-order valence-electron chi connectivity index (χ1n) is 9.04.